The highest BCUT2D eigenvalue weighted by Crippen LogP contribution is 2.27. The molecule has 0 bridgehead atoms. The third kappa shape index (κ3) is 3.18. The standard InChI is InChI=1S/C13H18FN3/c1-9(6-7-15)17(3)13-5-4-11(14)8-12(13)10(2)16/h4-5,8-10H,6,16H2,1-3H3/t9?,10-/m0/s1. The van der Waals surface area contributed by atoms with Crippen molar-refractivity contribution in [3.8, 4) is 6.07 Å². The SMILES string of the molecule is CC(CC#N)N(C)c1ccc(F)cc1[C@H](C)N. The summed E-state index contributed by atoms with van der Waals surface area (Å²) in [7, 11) is 1.89. The molecule has 0 amide bonds. The van der Waals surface area contributed by atoms with Crippen molar-refractivity contribution in [2.24, 2.45) is 5.73 Å². The van der Waals surface area contributed by atoms with E-state index in [0.29, 0.717) is 6.42 Å². The molecule has 0 aliphatic heterocycles. The van der Waals surface area contributed by atoms with Gasteiger partial charge in [0.25, 0.3) is 0 Å². The Morgan fingerprint density at radius 2 is 2.12 bits per heavy atom. The maximum absolute atomic E-state index is 13.2. The number of nitrogens with two attached hydrogens (primary N) is 1. The molecule has 0 saturated carbocycles. The maximum Gasteiger partial charge on any atom is 0.123 e. The van der Waals surface area contributed by atoms with Crippen LogP contribution in [-0.2, 0) is 0 Å². The van der Waals surface area contributed by atoms with Crippen LogP contribution in [0.1, 0.15) is 31.9 Å². The molecule has 92 valence electrons. The molecule has 2 N–H and O–H groups in total. The molecule has 3 nitrogen and oxygen atoms in total. The zero-order chi connectivity index (χ0) is 13.0. The van der Waals surface area contributed by atoms with E-state index in [0.717, 1.165) is 11.3 Å². The van der Waals surface area contributed by atoms with Gasteiger partial charge < -0.3 is 10.6 Å². The first-order chi connectivity index (χ1) is 7.97. The van der Waals surface area contributed by atoms with Crippen LogP contribution in [0.25, 0.3) is 0 Å². The fourth-order valence-electron chi connectivity index (χ4n) is 1.72. The minimum absolute atomic E-state index is 0.0722. The molecule has 0 aromatic heterocycles. The highest BCUT2D eigenvalue weighted by Gasteiger charge is 2.15. The molecule has 2 atom stereocenters. The van der Waals surface area contributed by atoms with Gasteiger partial charge in [-0.15, -0.1) is 0 Å². The third-order valence-electron chi connectivity index (χ3n) is 2.91. The van der Waals surface area contributed by atoms with Gasteiger partial charge in [-0.25, -0.2) is 4.39 Å². The molecule has 1 aromatic carbocycles. The smallest absolute Gasteiger partial charge is 0.123 e. The molecule has 4 heteroatoms. The number of anilines is 1. The minimum atomic E-state index is -0.289. The van der Waals surface area contributed by atoms with Crippen LogP contribution in [0.2, 0.25) is 0 Å². The Kier molecular flexibility index (Phi) is 4.47. The first kappa shape index (κ1) is 13.5. The van der Waals surface area contributed by atoms with Crippen LogP contribution in [0.4, 0.5) is 10.1 Å². The molecule has 0 aliphatic rings. The monoisotopic (exact) mass is 235 g/mol. The summed E-state index contributed by atoms with van der Waals surface area (Å²) in [5, 5.41) is 8.69. The molecule has 0 aliphatic carbocycles. The van der Waals surface area contributed by atoms with E-state index in [1.165, 1.54) is 12.1 Å². The Balaban J connectivity index is 3.09. The lowest BCUT2D eigenvalue weighted by Crippen LogP contribution is -2.30. The molecule has 0 radical (unpaired) electrons. The first-order valence-electron chi connectivity index (χ1n) is 5.62. The number of halogens is 1. The second-order valence-corrected chi connectivity index (χ2v) is 4.31. The Hall–Kier alpha value is -1.60. The number of benzene rings is 1. The molecule has 0 spiro atoms. The van der Waals surface area contributed by atoms with Gasteiger partial charge in [-0.1, -0.05) is 0 Å². The van der Waals surface area contributed by atoms with E-state index < -0.39 is 0 Å². The van der Waals surface area contributed by atoms with Crippen LogP contribution in [0.5, 0.6) is 0 Å². The maximum atomic E-state index is 13.2. The summed E-state index contributed by atoms with van der Waals surface area (Å²) < 4.78 is 13.2. The summed E-state index contributed by atoms with van der Waals surface area (Å²) >= 11 is 0. The summed E-state index contributed by atoms with van der Waals surface area (Å²) in [6.07, 6.45) is 0.423. The molecule has 0 fully saturated rings. The van der Waals surface area contributed by atoms with Gasteiger partial charge in [-0.05, 0) is 37.6 Å². The fraction of sp³-hybridized carbons (Fsp3) is 0.462. The molecule has 17 heavy (non-hydrogen) atoms. The minimum Gasteiger partial charge on any atom is -0.371 e. The number of hydrogen-bond donors (Lipinski definition) is 1. The van der Waals surface area contributed by atoms with Gasteiger partial charge in [-0.2, -0.15) is 5.26 Å². The number of nitrogens with zero attached hydrogens (tertiary/aromatic N) is 2. The lowest BCUT2D eigenvalue weighted by Gasteiger charge is -2.28. The molecular formula is C13H18FN3. The quantitative estimate of drug-likeness (QED) is 0.872. The highest BCUT2D eigenvalue weighted by molar-refractivity contribution is 5.55. The van der Waals surface area contributed by atoms with Gasteiger partial charge in [0.05, 0.1) is 12.5 Å². The molecule has 0 heterocycles. The number of hydrogen-bond acceptors (Lipinski definition) is 3. The largest absolute Gasteiger partial charge is 0.371 e. The van der Waals surface area contributed by atoms with Crippen molar-refractivity contribution in [1.29, 1.82) is 5.26 Å². The lowest BCUT2D eigenvalue weighted by molar-refractivity contribution is 0.619. The van der Waals surface area contributed by atoms with Gasteiger partial charge in [0.15, 0.2) is 0 Å². The van der Waals surface area contributed by atoms with E-state index in [9.17, 15) is 4.39 Å². The second kappa shape index (κ2) is 5.65. The number of rotatable bonds is 4. The van der Waals surface area contributed by atoms with Gasteiger partial charge in [0.2, 0.25) is 0 Å². The zero-order valence-corrected chi connectivity index (χ0v) is 10.4. The van der Waals surface area contributed by atoms with E-state index in [4.69, 9.17) is 11.0 Å². The topological polar surface area (TPSA) is 53.0 Å². The number of nitriles is 1. The predicted octanol–water partition coefficient (Wildman–Crippen LogP) is 2.58. The van der Waals surface area contributed by atoms with Crippen LogP contribution in [0, 0.1) is 17.1 Å². The van der Waals surface area contributed by atoms with Crippen molar-refractivity contribution in [1.82, 2.24) is 0 Å². The third-order valence-corrected chi connectivity index (χ3v) is 2.91. The molecular weight excluding hydrogens is 217 g/mol. The highest BCUT2D eigenvalue weighted by atomic mass is 19.1. The van der Waals surface area contributed by atoms with Gasteiger partial charge >= 0.3 is 0 Å². The Labute approximate surface area is 102 Å². The summed E-state index contributed by atoms with van der Waals surface area (Å²) in [5.41, 5.74) is 7.48. The summed E-state index contributed by atoms with van der Waals surface area (Å²) in [6, 6.07) is 6.54. The zero-order valence-electron chi connectivity index (χ0n) is 10.4. The van der Waals surface area contributed by atoms with Crippen LogP contribution < -0.4 is 10.6 Å². The van der Waals surface area contributed by atoms with Gasteiger partial charge in [0.1, 0.15) is 5.82 Å². The van der Waals surface area contributed by atoms with Crippen molar-refractivity contribution in [3.63, 3.8) is 0 Å². The summed E-state index contributed by atoms with van der Waals surface area (Å²) in [5.74, 6) is -0.289. The van der Waals surface area contributed by atoms with E-state index in [1.54, 1.807) is 6.07 Å². The Bertz CT molecular complexity index is 423. The van der Waals surface area contributed by atoms with Crippen LogP contribution in [0.3, 0.4) is 0 Å². The van der Waals surface area contributed by atoms with E-state index in [-0.39, 0.29) is 17.9 Å². The van der Waals surface area contributed by atoms with Gasteiger partial charge in [-0.3, -0.25) is 0 Å². The van der Waals surface area contributed by atoms with Crippen molar-refractivity contribution in [3.05, 3.63) is 29.6 Å². The van der Waals surface area contributed by atoms with Gasteiger partial charge in [0, 0.05) is 24.8 Å². The second-order valence-electron chi connectivity index (χ2n) is 4.31. The average molecular weight is 235 g/mol. The van der Waals surface area contributed by atoms with Crippen molar-refractivity contribution in [2.45, 2.75) is 32.4 Å². The molecule has 0 saturated heterocycles. The predicted molar refractivity (Wildman–Crippen MR) is 67.1 cm³/mol. The molecule has 1 aromatic rings. The lowest BCUT2D eigenvalue weighted by atomic mass is 10.0. The Morgan fingerprint density at radius 3 is 2.65 bits per heavy atom. The van der Waals surface area contributed by atoms with Crippen molar-refractivity contribution in [2.75, 3.05) is 11.9 Å². The Morgan fingerprint density at radius 1 is 1.47 bits per heavy atom. The first-order valence-corrected chi connectivity index (χ1v) is 5.62. The van der Waals surface area contributed by atoms with Crippen LogP contribution in [0.15, 0.2) is 18.2 Å². The van der Waals surface area contributed by atoms with Crippen molar-refractivity contribution < 1.29 is 4.39 Å². The molecule has 1 unspecified atom stereocenters. The summed E-state index contributed by atoms with van der Waals surface area (Å²) in [6.45, 7) is 3.78. The summed E-state index contributed by atoms with van der Waals surface area (Å²) in [4.78, 5) is 1.96. The molecule has 1 rings (SSSR count). The normalized spacial score (nSPS) is 13.9. The van der Waals surface area contributed by atoms with Crippen LogP contribution >= 0.6 is 0 Å². The van der Waals surface area contributed by atoms with Crippen LogP contribution in [-0.4, -0.2) is 13.1 Å². The van der Waals surface area contributed by atoms with E-state index >= 15 is 0 Å². The van der Waals surface area contributed by atoms with E-state index in [2.05, 4.69) is 6.07 Å². The van der Waals surface area contributed by atoms with E-state index in [1.807, 2.05) is 25.8 Å². The van der Waals surface area contributed by atoms with Crippen molar-refractivity contribution >= 4 is 5.69 Å². The average Bonchev–Trinajstić information content (AvgIpc) is 2.28. The fourth-order valence-corrected chi connectivity index (χ4v) is 1.72.